The first kappa shape index (κ1) is 29.5. The third-order valence-electron chi connectivity index (χ3n) is 5.55. The number of nitrogens with two attached hydrogens (primary N) is 2. The van der Waals surface area contributed by atoms with Gasteiger partial charge in [0.15, 0.2) is 0 Å². The molecule has 0 fully saturated rings. The van der Waals surface area contributed by atoms with Crippen molar-refractivity contribution < 1.29 is 34.2 Å². The summed E-state index contributed by atoms with van der Waals surface area (Å²) in [6.45, 7) is 4.87. The summed E-state index contributed by atoms with van der Waals surface area (Å²) in [5, 5.41) is 26.2. The van der Waals surface area contributed by atoms with Crippen LogP contribution >= 0.6 is 0 Å². The number of rotatable bonds is 14. The number of aliphatic hydroxyl groups is 1. The molecule has 6 unspecified atom stereocenters. The third-order valence-corrected chi connectivity index (χ3v) is 5.55. The lowest BCUT2D eigenvalue weighted by Crippen LogP contribution is -2.60. The zero-order valence-electron chi connectivity index (χ0n) is 20.1. The zero-order valence-corrected chi connectivity index (χ0v) is 20.1. The van der Waals surface area contributed by atoms with Gasteiger partial charge in [0.2, 0.25) is 23.6 Å². The molecule has 0 bridgehead atoms. The number of primary amides is 1. The molecule has 0 heterocycles. The van der Waals surface area contributed by atoms with Crippen LogP contribution in [0.1, 0.15) is 39.2 Å². The summed E-state index contributed by atoms with van der Waals surface area (Å²) in [7, 11) is 0. The minimum absolute atomic E-state index is 0.00961. The fraction of sp³-hybridized carbons (Fsp3) is 0.522. The molecular formula is C23H35N5O7. The molecule has 0 aromatic heterocycles. The first-order valence-corrected chi connectivity index (χ1v) is 11.3. The SMILES string of the molecule is CCC(C)C(NC(=O)C(N)C(C)O)C(=O)NC(Cc1ccccc1)C(=O)NC(CC(N)=O)C(=O)O. The summed E-state index contributed by atoms with van der Waals surface area (Å²) < 4.78 is 0. The van der Waals surface area contributed by atoms with Gasteiger partial charge in [-0.2, -0.15) is 0 Å². The Labute approximate surface area is 203 Å². The van der Waals surface area contributed by atoms with E-state index in [9.17, 15) is 34.2 Å². The minimum Gasteiger partial charge on any atom is -0.480 e. The summed E-state index contributed by atoms with van der Waals surface area (Å²) >= 11 is 0. The molecule has 12 nitrogen and oxygen atoms in total. The highest BCUT2D eigenvalue weighted by atomic mass is 16.4. The lowest BCUT2D eigenvalue weighted by molar-refractivity contribution is -0.143. The van der Waals surface area contributed by atoms with Crippen molar-refractivity contribution in [1.82, 2.24) is 16.0 Å². The number of carboxylic acids is 1. The fourth-order valence-corrected chi connectivity index (χ4v) is 3.16. The number of aliphatic carboxylic acids is 1. The van der Waals surface area contributed by atoms with Crippen LogP contribution < -0.4 is 27.4 Å². The van der Waals surface area contributed by atoms with Gasteiger partial charge in [0.25, 0.3) is 0 Å². The monoisotopic (exact) mass is 493 g/mol. The molecule has 9 N–H and O–H groups in total. The molecule has 0 saturated carbocycles. The fourth-order valence-electron chi connectivity index (χ4n) is 3.16. The number of carbonyl (C=O) groups excluding carboxylic acids is 4. The average molecular weight is 494 g/mol. The van der Waals surface area contributed by atoms with Crippen molar-refractivity contribution >= 4 is 29.6 Å². The topological polar surface area (TPSA) is 214 Å². The largest absolute Gasteiger partial charge is 0.480 e. The number of carbonyl (C=O) groups is 5. The molecule has 0 aliphatic heterocycles. The number of nitrogens with one attached hydrogen (secondary N) is 3. The van der Waals surface area contributed by atoms with Gasteiger partial charge in [0, 0.05) is 6.42 Å². The van der Waals surface area contributed by atoms with Crippen molar-refractivity contribution in [1.29, 1.82) is 0 Å². The van der Waals surface area contributed by atoms with Crippen LogP contribution in [0.15, 0.2) is 30.3 Å². The highest BCUT2D eigenvalue weighted by Crippen LogP contribution is 2.11. The van der Waals surface area contributed by atoms with E-state index in [2.05, 4.69) is 16.0 Å². The van der Waals surface area contributed by atoms with E-state index in [1.54, 1.807) is 44.2 Å². The van der Waals surface area contributed by atoms with Crippen LogP contribution in [0.4, 0.5) is 0 Å². The van der Waals surface area contributed by atoms with Gasteiger partial charge in [-0.15, -0.1) is 0 Å². The first-order chi connectivity index (χ1) is 16.4. The van der Waals surface area contributed by atoms with Crippen molar-refractivity contribution in [2.75, 3.05) is 0 Å². The molecule has 1 rings (SSSR count). The smallest absolute Gasteiger partial charge is 0.326 e. The molecule has 1 aromatic carbocycles. The number of carboxylic acid groups (broad SMARTS) is 1. The number of aliphatic hydroxyl groups excluding tert-OH is 1. The van der Waals surface area contributed by atoms with E-state index < -0.39 is 66.3 Å². The molecule has 194 valence electrons. The summed E-state index contributed by atoms with van der Waals surface area (Å²) in [6.07, 6.45) is -1.27. The molecule has 35 heavy (non-hydrogen) atoms. The predicted molar refractivity (Wildman–Crippen MR) is 126 cm³/mol. The van der Waals surface area contributed by atoms with E-state index in [1.807, 2.05) is 0 Å². The Bertz CT molecular complexity index is 894. The van der Waals surface area contributed by atoms with E-state index in [1.165, 1.54) is 6.92 Å². The molecule has 0 radical (unpaired) electrons. The summed E-state index contributed by atoms with van der Waals surface area (Å²) in [6, 6.07) is 3.53. The van der Waals surface area contributed by atoms with Gasteiger partial charge in [-0.05, 0) is 18.4 Å². The van der Waals surface area contributed by atoms with Crippen LogP contribution in [0.3, 0.4) is 0 Å². The Kier molecular flexibility index (Phi) is 11.8. The normalized spacial score (nSPS) is 16.0. The van der Waals surface area contributed by atoms with Gasteiger partial charge in [-0.3, -0.25) is 19.2 Å². The molecule has 6 atom stereocenters. The number of hydrogen-bond acceptors (Lipinski definition) is 7. The standard InChI is InChI=1S/C23H35N5O7/c1-4-12(2)19(28-21(32)18(25)13(3)29)22(33)26-15(10-14-8-6-5-7-9-14)20(31)27-16(23(34)35)11-17(24)30/h5-9,12-13,15-16,18-19,29H,4,10-11,25H2,1-3H3,(H2,24,30)(H,26,33)(H,27,31)(H,28,32)(H,34,35). The van der Waals surface area contributed by atoms with Gasteiger partial charge in [0.05, 0.1) is 12.5 Å². The van der Waals surface area contributed by atoms with E-state index in [-0.39, 0.29) is 12.3 Å². The second kappa shape index (κ2) is 14.0. The van der Waals surface area contributed by atoms with E-state index in [4.69, 9.17) is 11.5 Å². The molecule has 0 spiro atoms. The van der Waals surface area contributed by atoms with Crippen LogP contribution in [0.5, 0.6) is 0 Å². The first-order valence-electron chi connectivity index (χ1n) is 11.3. The van der Waals surface area contributed by atoms with Crippen LogP contribution in [-0.4, -0.2) is 70.1 Å². The van der Waals surface area contributed by atoms with Crippen molar-refractivity contribution in [3.05, 3.63) is 35.9 Å². The van der Waals surface area contributed by atoms with E-state index in [0.717, 1.165) is 0 Å². The van der Waals surface area contributed by atoms with Gasteiger partial charge in [0.1, 0.15) is 24.2 Å². The molecule has 1 aromatic rings. The van der Waals surface area contributed by atoms with Crippen molar-refractivity contribution in [3.8, 4) is 0 Å². The van der Waals surface area contributed by atoms with E-state index in [0.29, 0.717) is 12.0 Å². The summed E-state index contributed by atoms with van der Waals surface area (Å²) in [5.41, 5.74) is 11.4. The van der Waals surface area contributed by atoms with Gasteiger partial charge in [-0.25, -0.2) is 4.79 Å². The maximum atomic E-state index is 13.2. The highest BCUT2D eigenvalue weighted by Gasteiger charge is 2.33. The third kappa shape index (κ3) is 9.71. The summed E-state index contributed by atoms with van der Waals surface area (Å²) in [5.74, 6) is -5.01. The molecule has 12 heteroatoms. The number of amides is 4. The Hall–Kier alpha value is -3.51. The Balaban J connectivity index is 3.17. The Morgan fingerprint density at radius 2 is 1.49 bits per heavy atom. The molecule has 0 aliphatic carbocycles. The molecule has 0 saturated heterocycles. The maximum Gasteiger partial charge on any atom is 0.326 e. The molecular weight excluding hydrogens is 458 g/mol. The Morgan fingerprint density at radius 3 is 1.97 bits per heavy atom. The lowest BCUT2D eigenvalue weighted by atomic mass is 9.96. The minimum atomic E-state index is -1.58. The quantitative estimate of drug-likeness (QED) is 0.160. The van der Waals surface area contributed by atoms with Crippen LogP contribution in [0.25, 0.3) is 0 Å². The van der Waals surface area contributed by atoms with Crippen molar-refractivity contribution in [2.45, 2.75) is 70.3 Å². The summed E-state index contributed by atoms with van der Waals surface area (Å²) in [4.78, 5) is 61.2. The highest BCUT2D eigenvalue weighted by molar-refractivity contribution is 5.95. The zero-order chi connectivity index (χ0) is 26.7. The maximum absolute atomic E-state index is 13.2. The lowest BCUT2D eigenvalue weighted by Gasteiger charge is -2.28. The van der Waals surface area contributed by atoms with Crippen LogP contribution in [0.2, 0.25) is 0 Å². The van der Waals surface area contributed by atoms with Crippen LogP contribution in [-0.2, 0) is 30.4 Å². The number of benzene rings is 1. The van der Waals surface area contributed by atoms with E-state index >= 15 is 0 Å². The average Bonchev–Trinajstić information content (AvgIpc) is 2.80. The van der Waals surface area contributed by atoms with Gasteiger partial charge in [-0.1, -0.05) is 50.6 Å². The van der Waals surface area contributed by atoms with Crippen molar-refractivity contribution in [3.63, 3.8) is 0 Å². The molecule has 4 amide bonds. The molecule has 0 aliphatic rings. The predicted octanol–water partition coefficient (Wildman–Crippen LogP) is -1.60. The van der Waals surface area contributed by atoms with Gasteiger partial charge < -0.3 is 37.6 Å². The second-order valence-electron chi connectivity index (χ2n) is 8.46. The Morgan fingerprint density at radius 1 is 0.914 bits per heavy atom. The number of hydrogen-bond donors (Lipinski definition) is 7. The van der Waals surface area contributed by atoms with Crippen LogP contribution in [0, 0.1) is 5.92 Å². The second-order valence-corrected chi connectivity index (χ2v) is 8.46. The van der Waals surface area contributed by atoms with Gasteiger partial charge >= 0.3 is 5.97 Å². The van der Waals surface area contributed by atoms with Crippen molar-refractivity contribution in [2.24, 2.45) is 17.4 Å².